The SMILES string of the molecule is CCC(Sc1ncccn1)C(=O)Nc1ccc(S(=O)(=O)Nc2cc(C)on2)cc1. The second kappa shape index (κ2) is 9.05. The molecule has 2 aromatic heterocycles. The molecule has 0 saturated heterocycles. The number of nitrogens with one attached hydrogen (secondary N) is 2. The van der Waals surface area contributed by atoms with Gasteiger partial charge in [-0.2, -0.15) is 0 Å². The Morgan fingerprint density at radius 2 is 1.90 bits per heavy atom. The van der Waals surface area contributed by atoms with E-state index in [9.17, 15) is 13.2 Å². The second-order valence-corrected chi connectivity index (χ2v) is 8.84. The number of amides is 1. The molecule has 11 heteroatoms. The average molecular weight is 434 g/mol. The number of anilines is 2. The molecule has 0 bridgehead atoms. The van der Waals surface area contributed by atoms with Crippen molar-refractivity contribution in [2.24, 2.45) is 0 Å². The number of carbonyl (C=O) groups excluding carboxylic acids is 1. The molecule has 0 aliphatic rings. The van der Waals surface area contributed by atoms with Crippen molar-refractivity contribution >= 4 is 39.2 Å². The molecule has 0 fully saturated rings. The third kappa shape index (κ3) is 5.55. The highest BCUT2D eigenvalue weighted by atomic mass is 32.2. The zero-order valence-electron chi connectivity index (χ0n) is 15.7. The van der Waals surface area contributed by atoms with E-state index in [-0.39, 0.29) is 21.9 Å². The number of thioether (sulfide) groups is 1. The first-order valence-electron chi connectivity index (χ1n) is 8.68. The summed E-state index contributed by atoms with van der Waals surface area (Å²) in [5, 5.41) is 6.54. The van der Waals surface area contributed by atoms with Gasteiger partial charge in [0.15, 0.2) is 11.0 Å². The molecular weight excluding hydrogens is 414 g/mol. The van der Waals surface area contributed by atoms with Crippen LogP contribution in [-0.4, -0.2) is 34.7 Å². The summed E-state index contributed by atoms with van der Waals surface area (Å²) >= 11 is 1.27. The van der Waals surface area contributed by atoms with Gasteiger partial charge in [0.2, 0.25) is 5.91 Å². The number of hydrogen-bond donors (Lipinski definition) is 2. The van der Waals surface area contributed by atoms with Crippen molar-refractivity contribution < 1.29 is 17.7 Å². The Bertz CT molecular complexity index is 1070. The van der Waals surface area contributed by atoms with Crippen LogP contribution in [-0.2, 0) is 14.8 Å². The van der Waals surface area contributed by atoms with Crippen molar-refractivity contribution in [3.8, 4) is 0 Å². The number of carbonyl (C=O) groups is 1. The van der Waals surface area contributed by atoms with E-state index < -0.39 is 10.0 Å². The van der Waals surface area contributed by atoms with E-state index in [2.05, 4.69) is 25.2 Å². The van der Waals surface area contributed by atoms with Crippen LogP contribution in [0.2, 0.25) is 0 Å². The van der Waals surface area contributed by atoms with Gasteiger partial charge in [-0.05, 0) is 43.7 Å². The van der Waals surface area contributed by atoms with Gasteiger partial charge in [0.05, 0.1) is 10.1 Å². The van der Waals surface area contributed by atoms with Gasteiger partial charge in [-0.25, -0.2) is 18.4 Å². The molecule has 0 aliphatic heterocycles. The van der Waals surface area contributed by atoms with Crippen molar-refractivity contribution in [1.29, 1.82) is 0 Å². The van der Waals surface area contributed by atoms with Crippen LogP contribution in [0.5, 0.6) is 0 Å². The van der Waals surface area contributed by atoms with Crippen molar-refractivity contribution in [3.05, 3.63) is 54.6 Å². The van der Waals surface area contributed by atoms with E-state index in [1.54, 1.807) is 25.4 Å². The van der Waals surface area contributed by atoms with Crippen LogP contribution in [0, 0.1) is 6.92 Å². The number of benzene rings is 1. The van der Waals surface area contributed by atoms with Gasteiger partial charge in [-0.15, -0.1) is 0 Å². The number of sulfonamides is 1. The maximum atomic E-state index is 12.5. The molecule has 3 rings (SSSR count). The van der Waals surface area contributed by atoms with E-state index in [0.29, 0.717) is 23.0 Å². The quantitative estimate of drug-likeness (QED) is 0.410. The van der Waals surface area contributed by atoms with Crippen LogP contribution in [0.1, 0.15) is 19.1 Å². The summed E-state index contributed by atoms with van der Waals surface area (Å²) in [6, 6.07) is 9.04. The molecule has 0 saturated carbocycles. The molecule has 1 atom stereocenters. The standard InChI is InChI=1S/C18H19N5O4S2/c1-3-15(28-18-19-9-4-10-20-18)17(24)21-13-5-7-14(8-6-13)29(25,26)23-16-11-12(2)27-22-16/h4-11,15H,3H2,1-2H3,(H,21,24)(H,22,23). The number of aromatic nitrogens is 3. The summed E-state index contributed by atoms with van der Waals surface area (Å²) in [4.78, 5) is 20.8. The largest absolute Gasteiger partial charge is 0.360 e. The first kappa shape index (κ1) is 20.8. The van der Waals surface area contributed by atoms with E-state index in [4.69, 9.17) is 4.52 Å². The monoisotopic (exact) mass is 433 g/mol. The van der Waals surface area contributed by atoms with Crippen molar-refractivity contribution in [3.63, 3.8) is 0 Å². The Hall–Kier alpha value is -2.92. The van der Waals surface area contributed by atoms with Gasteiger partial charge in [0.25, 0.3) is 10.0 Å². The zero-order valence-corrected chi connectivity index (χ0v) is 17.3. The second-order valence-electron chi connectivity index (χ2n) is 5.99. The lowest BCUT2D eigenvalue weighted by molar-refractivity contribution is -0.115. The normalized spacial score (nSPS) is 12.3. The van der Waals surface area contributed by atoms with Gasteiger partial charge < -0.3 is 9.84 Å². The fourth-order valence-electron chi connectivity index (χ4n) is 2.35. The van der Waals surface area contributed by atoms with Crippen LogP contribution in [0.4, 0.5) is 11.5 Å². The smallest absolute Gasteiger partial charge is 0.263 e. The Morgan fingerprint density at radius 3 is 2.48 bits per heavy atom. The molecule has 2 N–H and O–H groups in total. The molecule has 0 radical (unpaired) electrons. The summed E-state index contributed by atoms with van der Waals surface area (Å²) in [6.45, 7) is 3.56. The van der Waals surface area contributed by atoms with Crippen molar-refractivity contribution in [2.75, 3.05) is 10.0 Å². The molecule has 29 heavy (non-hydrogen) atoms. The molecule has 1 unspecified atom stereocenters. The minimum absolute atomic E-state index is 0.0373. The van der Waals surface area contributed by atoms with E-state index in [1.807, 2.05) is 6.92 Å². The van der Waals surface area contributed by atoms with E-state index in [1.165, 1.54) is 42.1 Å². The first-order valence-corrected chi connectivity index (χ1v) is 11.0. The Kier molecular flexibility index (Phi) is 6.49. The number of hydrogen-bond acceptors (Lipinski definition) is 8. The van der Waals surface area contributed by atoms with Crippen LogP contribution >= 0.6 is 11.8 Å². The lowest BCUT2D eigenvalue weighted by Gasteiger charge is -2.14. The first-order chi connectivity index (χ1) is 13.9. The van der Waals surface area contributed by atoms with Gasteiger partial charge in [-0.3, -0.25) is 9.52 Å². The fraction of sp³-hybridized carbons (Fsp3) is 0.222. The van der Waals surface area contributed by atoms with Gasteiger partial charge in [0, 0.05) is 24.1 Å². The predicted molar refractivity (Wildman–Crippen MR) is 109 cm³/mol. The summed E-state index contributed by atoms with van der Waals surface area (Å²) in [6.07, 6.45) is 3.82. The molecule has 0 spiro atoms. The fourth-order valence-corrected chi connectivity index (χ4v) is 4.16. The van der Waals surface area contributed by atoms with Gasteiger partial charge >= 0.3 is 0 Å². The number of rotatable bonds is 8. The highest BCUT2D eigenvalue weighted by molar-refractivity contribution is 8.00. The Labute approximate surface area is 172 Å². The molecule has 2 heterocycles. The maximum absolute atomic E-state index is 12.5. The molecule has 152 valence electrons. The van der Waals surface area contributed by atoms with Crippen molar-refractivity contribution in [1.82, 2.24) is 15.1 Å². The lowest BCUT2D eigenvalue weighted by atomic mass is 10.3. The summed E-state index contributed by atoms with van der Waals surface area (Å²) in [7, 11) is -3.81. The predicted octanol–water partition coefficient (Wildman–Crippen LogP) is 3.08. The Balaban J connectivity index is 1.65. The molecule has 1 aromatic carbocycles. The molecular formula is C18H19N5O4S2. The van der Waals surface area contributed by atoms with Gasteiger partial charge in [0.1, 0.15) is 5.76 Å². The average Bonchev–Trinajstić information content (AvgIpc) is 3.11. The minimum atomic E-state index is -3.81. The van der Waals surface area contributed by atoms with Crippen LogP contribution in [0.3, 0.4) is 0 Å². The Morgan fingerprint density at radius 1 is 1.21 bits per heavy atom. The summed E-state index contributed by atoms with van der Waals surface area (Å²) in [5.41, 5.74) is 0.485. The summed E-state index contributed by atoms with van der Waals surface area (Å²) in [5.74, 6) is 0.382. The van der Waals surface area contributed by atoms with Crippen LogP contribution < -0.4 is 10.0 Å². The van der Waals surface area contributed by atoms with E-state index >= 15 is 0 Å². The number of nitrogens with zero attached hydrogens (tertiary/aromatic N) is 3. The third-order valence-corrected chi connectivity index (χ3v) is 6.38. The van der Waals surface area contributed by atoms with Crippen molar-refractivity contribution in [2.45, 2.75) is 35.6 Å². The summed E-state index contributed by atoms with van der Waals surface area (Å²) < 4.78 is 32.0. The number of aryl methyl sites for hydroxylation is 1. The lowest BCUT2D eigenvalue weighted by Crippen LogP contribution is -2.24. The highest BCUT2D eigenvalue weighted by Gasteiger charge is 2.20. The topological polar surface area (TPSA) is 127 Å². The minimum Gasteiger partial charge on any atom is -0.360 e. The molecule has 1 amide bonds. The molecule has 0 aliphatic carbocycles. The third-order valence-electron chi connectivity index (χ3n) is 3.75. The zero-order chi connectivity index (χ0) is 20.9. The highest BCUT2D eigenvalue weighted by Crippen LogP contribution is 2.24. The van der Waals surface area contributed by atoms with E-state index in [0.717, 1.165) is 0 Å². The van der Waals surface area contributed by atoms with Gasteiger partial charge in [-0.1, -0.05) is 23.8 Å². The molecule has 9 nitrogen and oxygen atoms in total. The van der Waals surface area contributed by atoms with Crippen LogP contribution in [0.15, 0.2) is 63.4 Å². The maximum Gasteiger partial charge on any atom is 0.263 e. The molecule has 3 aromatic rings. The van der Waals surface area contributed by atoms with Crippen LogP contribution in [0.25, 0.3) is 0 Å².